The fraction of sp³-hybridized carbons (Fsp3) is 0.923. The van der Waals surface area contributed by atoms with Crippen molar-refractivity contribution in [1.29, 1.82) is 0 Å². The molecule has 1 aliphatic heterocycles. The predicted octanol–water partition coefficient (Wildman–Crippen LogP) is 1.96. The molecule has 2 rings (SSSR count). The maximum absolute atomic E-state index is 11.8. The Kier molecular flexibility index (Phi) is 3.24. The molecule has 92 valence electrons. The van der Waals surface area contributed by atoms with Crippen LogP contribution in [0.3, 0.4) is 0 Å². The first-order valence-electron chi connectivity index (χ1n) is 6.38. The van der Waals surface area contributed by atoms with Gasteiger partial charge in [-0.3, -0.25) is 4.79 Å². The van der Waals surface area contributed by atoms with Crippen molar-refractivity contribution in [2.45, 2.75) is 45.6 Å². The number of fused-ring (bicyclic) bond motifs is 2. The molecule has 0 aromatic heterocycles. The van der Waals surface area contributed by atoms with Crippen molar-refractivity contribution >= 4 is 5.97 Å². The monoisotopic (exact) mass is 225 g/mol. The first kappa shape index (κ1) is 11.9. The van der Waals surface area contributed by atoms with E-state index in [0.29, 0.717) is 24.2 Å². The van der Waals surface area contributed by atoms with Gasteiger partial charge in [0, 0.05) is 6.42 Å². The van der Waals surface area contributed by atoms with E-state index in [-0.39, 0.29) is 11.6 Å². The van der Waals surface area contributed by atoms with Crippen molar-refractivity contribution < 1.29 is 9.53 Å². The number of nitrogens with one attached hydrogen (secondary N) is 1. The normalized spacial score (nSPS) is 33.8. The average Bonchev–Trinajstić information content (AvgIpc) is 2.39. The molecule has 1 saturated heterocycles. The Bertz CT molecular complexity index is 254. The summed E-state index contributed by atoms with van der Waals surface area (Å²) in [7, 11) is 0. The molecule has 0 aromatic carbocycles. The van der Waals surface area contributed by atoms with Crippen LogP contribution in [-0.4, -0.2) is 24.7 Å². The predicted molar refractivity (Wildman–Crippen MR) is 63.0 cm³/mol. The molecule has 2 bridgehead atoms. The molecule has 0 spiro atoms. The summed E-state index contributed by atoms with van der Waals surface area (Å²) in [5.74, 6) is 1.95. The summed E-state index contributed by atoms with van der Waals surface area (Å²) >= 11 is 0. The van der Waals surface area contributed by atoms with E-state index in [0.717, 1.165) is 13.1 Å². The van der Waals surface area contributed by atoms with E-state index in [1.807, 2.05) is 20.8 Å². The lowest BCUT2D eigenvalue weighted by Gasteiger charge is -2.31. The lowest BCUT2D eigenvalue weighted by Crippen LogP contribution is -2.39. The van der Waals surface area contributed by atoms with E-state index in [1.54, 1.807) is 0 Å². The minimum Gasteiger partial charge on any atom is -0.460 e. The minimum atomic E-state index is -0.344. The Morgan fingerprint density at radius 1 is 1.25 bits per heavy atom. The molecule has 0 aromatic rings. The summed E-state index contributed by atoms with van der Waals surface area (Å²) in [5.41, 5.74) is -0.344. The molecule has 1 unspecified atom stereocenters. The van der Waals surface area contributed by atoms with Crippen molar-refractivity contribution in [2.24, 2.45) is 17.8 Å². The van der Waals surface area contributed by atoms with Gasteiger partial charge in [-0.05, 0) is 64.5 Å². The second-order valence-electron chi connectivity index (χ2n) is 6.21. The fourth-order valence-electron chi connectivity index (χ4n) is 3.11. The third kappa shape index (κ3) is 2.76. The molecule has 1 saturated carbocycles. The Labute approximate surface area is 97.9 Å². The first-order chi connectivity index (χ1) is 7.46. The van der Waals surface area contributed by atoms with E-state index in [1.165, 1.54) is 12.8 Å². The zero-order chi connectivity index (χ0) is 11.8. The third-order valence-corrected chi connectivity index (χ3v) is 3.75. The highest BCUT2D eigenvalue weighted by molar-refractivity contribution is 5.70. The summed E-state index contributed by atoms with van der Waals surface area (Å²) < 4.78 is 5.41. The van der Waals surface area contributed by atoms with E-state index >= 15 is 0 Å². The summed E-state index contributed by atoms with van der Waals surface area (Å²) in [6.45, 7) is 7.97. The van der Waals surface area contributed by atoms with Gasteiger partial charge in [-0.1, -0.05) is 0 Å². The van der Waals surface area contributed by atoms with E-state index in [2.05, 4.69) is 5.32 Å². The van der Waals surface area contributed by atoms with Crippen LogP contribution in [0, 0.1) is 17.8 Å². The minimum absolute atomic E-state index is 0.0173. The van der Waals surface area contributed by atoms with Crippen molar-refractivity contribution in [2.75, 3.05) is 13.1 Å². The largest absolute Gasteiger partial charge is 0.460 e. The van der Waals surface area contributed by atoms with Crippen LogP contribution >= 0.6 is 0 Å². The Hall–Kier alpha value is -0.570. The Morgan fingerprint density at radius 2 is 1.81 bits per heavy atom. The molecular weight excluding hydrogens is 202 g/mol. The van der Waals surface area contributed by atoms with Gasteiger partial charge in [-0.25, -0.2) is 0 Å². The number of carbonyl (C=O) groups is 1. The van der Waals surface area contributed by atoms with Gasteiger partial charge < -0.3 is 10.1 Å². The third-order valence-electron chi connectivity index (χ3n) is 3.75. The maximum atomic E-state index is 11.8. The van der Waals surface area contributed by atoms with Gasteiger partial charge in [0.2, 0.25) is 0 Å². The van der Waals surface area contributed by atoms with Gasteiger partial charge in [0.05, 0.1) is 0 Å². The molecule has 1 aliphatic carbocycles. The molecular formula is C13H23NO2. The number of rotatable bonds is 2. The van der Waals surface area contributed by atoms with Gasteiger partial charge in [0.1, 0.15) is 5.60 Å². The zero-order valence-corrected chi connectivity index (χ0v) is 10.6. The number of carbonyl (C=O) groups excluding carboxylic acids is 1. The van der Waals surface area contributed by atoms with E-state index in [9.17, 15) is 4.79 Å². The summed E-state index contributed by atoms with van der Waals surface area (Å²) in [6.07, 6.45) is 3.19. The molecule has 16 heavy (non-hydrogen) atoms. The summed E-state index contributed by atoms with van der Waals surface area (Å²) in [6, 6.07) is 0. The van der Waals surface area contributed by atoms with Crippen LogP contribution < -0.4 is 5.32 Å². The zero-order valence-electron chi connectivity index (χ0n) is 10.6. The first-order valence-corrected chi connectivity index (χ1v) is 6.38. The van der Waals surface area contributed by atoms with Crippen LogP contribution in [0.2, 0.25) is 0 Å². The second-order valence-corrected chi connectivity index (χ2v) is 6.21. The van der Waals surface area contributed by atoms with Crippen LogP contribution in [0.25, 0.3) is 0 Å². The lowest BCUT2D eigenvalue weighted by atomic mass is 9.84. The molecule has 1 heterocycles. The SMILES string of the molecule is CC(C)(C)OC(=O)CC1[C@@H]2CC[C@H]1CNC2. The smallest absolute Gasteiger partial charge is 0.306 e. The van der Waals surface area contributed by atoms with Crippen LogP contribution in [0.15, 0.2) is 0 Å². The number of ether oxygens (including phenoxy) is 1. The van der Waals surface area contributed by atoms with Crippen molar-refractivity contribution in [3.63, 3.8) is 0 Å². The second kappa shape index (κ2) is 4.36. The van der Waals surface area contributed by atoms with E-state index < -0.39 is 0 Å². The molecule has 3 nitrogen and oxygen atoms in total. The number of esters is 1. The topological polar surface area (TPSA) is 38.3 Å². The van der Waals surface area contributed by atoms with Gasteiger partial charge in [-0.2, -0.15) is 0 Å². The molecule has 3 heteroatoms. The maximum Gasteiger partial charge on any atom is 0.306 e. The molecule has 3 atom stereocenters. The van der Waals surface area contributed by atoms with Gasteiger partial charge in [-0.15, -0.1) is 0 Å². The van der Waals surface area contributed by atoms with Crippen LogP contribution in [0.1, 0.15) is 40.0 Å². The van der Waals surface area contributed by atoms with Crippen molar-refractivity contribution in [3.8, 4) is 0 Å². The highest BCUT2D eigenvalue weighted by Crippen LogP contribution is 2.41. The highest BCUT2D eigenvalue weighted by Gasteiger charge is 2.40. The highest BCUT2D eigenvalue weighted by atomic mass is 16.6. The summed E-state index contributed by atoms with van der Waals surface area (Å²) in [4.78, 5) is 11.8. The van der Waals surface area contributed by atoms with E-state index in [4.69, 9.17) is 4.74 Å². The van der Waals surface area contributed by atoms with Crippen molar-refractivity contribution in [3.05, 3.63) is 0 Å². The molecule has 0 amide bonds. The van der Waals surface area contributed by atoms with Crippen LogP contribution in [0.5, 0.6) is 0 Å². The molecule has 1 N–H and O–H groups in total. The fourth-order valence-corrected chi connectivity index (χ4v) is 3.11. The molecule has 2 fully saturated rings. The van der Waals surface area contributed by atoms with Crippen LogP contribution in [0.4, 0.5) is 0 Å². The van der Waals surface area contributed by atoms with Gasteiger partial charge >= 0.3 is 5.97 Å². The van der Waals surface area contributed by atoms with Gasteiger partial charge in [0.15, 0.2) is 0 Å². The van der Waals surface area contributed by atoms with Crippen LogP contribution in [-0.2, 0) is 9.53 Å². The molecule has 2 aliphatic rings. The Morgan fingerprint density at radius 3 is 2.31 bits per heavy atom. The summed E-state index contributed by atoms with van der Waals surface area (Å²) in [5, 5.41) is 3.45. The van der Waals surface area contributed by atoms with Crippen molar-refractivity contribution in [1.82, 2.24) is 5.32 Å². The Balaban J connectivity index is 1.88. The number of piperidine rings is 1. The standard InChI is InChI=1S/C13H23NO2/c1-13(2,3)16-12(15)6-11-9-4-5-10(11)8-14-7-9/h9-11,14H,4-8H2,1-3H3/t9-,10+,11?. The molecule has 0 radical (unpaired) electrons. The quantitative estimate of drug-likeness (QED) is 0.730. The lowest BCUT2D eigenvalue weighted by molar-refractivity contribution is -0.156. The van der Waals surface area contributed by atoms with Gasteiger partial charge in [0.25, 0.3) is 0 Å². The average molecular weight is 225 g/mol. The number of hydrogen-bond acceptors (Lipinski definition) is 3. The number of hydrogen-bond donors (Lipinski definition) is 1.